The molecule has 0 bridgehead atoms. The number of rotatable bonds is 12. The summed E-state index contributed by atoms with van der Waals surface area (Å²) in [6.07, 6.45) is 12.0. The molecule has 0 spiro atoms. The molecule has 0 radical (unpaired) electrons. The number of hydrogen-bond acceptors (Lipinski definition) is 3. The summed E-state index contributed by atoms with van der Waals surface area (Å²) in [6.45, 7) is 2.09. The lowest BCUT2D eigenvalue weighted by Gasteiger charge is -2.04. The lowest BCUT2D eigenvalue weighted by molar-refractivity contribution is -0.140. The summed E-state index contributed by atoms with van der Waals surface area (Å²) >= 11 is 0. The summed E-state index contributed by atoms with van der Waals surface area (Å²) in [5.74, 6) is 5.78. The van der Waals surface area contributed by atoms with Crippen LogP contribution in [-0.2, 0) is 9.53 Å². The fraction of sp³-hybridized carbons (Fsp3) is 0.833. The SMILES string of the molecule is CCCC#C[C@@H](O)CCCCCCCCCCC(=O)OC. The molecule has 0 aromatic rings. The van der Waals surface area contributed by atoms with E-state index in [0.29, 0.717) is 6.42 Å². The third kappa shape index (κ3) is 15.2. The molecule has 0 heterocycles. The van der Waals surface area contributed by atoms with Gasteiger partial charge in [-0.2, -0.15) is 0 Å². The lowest BCUT2D eigenvalue weighted by Crippen LogP contribution is -2.02. The largest absolute Gasteiger partial charge is 0.469 e. The van der Waals surface area contributed by atoms with Crippen LogP contribution in [0.4, 0.5) is 0 Å². The number of hydrogen-bond donors (Lipinski definition) is 1. The molecule has 0 saturated carbocycles. The summed E-state index contributed by atoms with van der Waals surface area (Å²) in [7, 11) is 1.44. The molecule has 1 atom stereocenters. The Balaban J connectivity index is 3.22. The first-order chi connectivity index (χ1) is 10.2. The quantitative estimate of drug-likeness (QED) is 0.333. The summed E-state index contributed by atoms with van der Waals surface area (Å²) in [5.41, 5.74) is 0. The van der Waals surface area contributed by atoms with E-state index >= 15 is 0 Å². The Morgan fingerprint density at radius 2 is 1.62 bits per heavy atom. The van der Waals surface area contributed by atoms with E-state index < -0.39 is 6.10 Å². The Kier molecular flexibility index (Phi) is 14.6. The Morgan fingerprint density at radius 3 is 2.19 bits per heavy atom. The zero-order valence-electron chi connectivity index (χ0n) is 13.8. The average Bonchev–Trinajstić information content (AvgIpc) is 2.49. The molecule has 3 nitrogen and oxygen atoms in total. The third-order valence-electron chi connectivity index (χ3n) is 3.48. The van der Waals surface area contributed by atoms with Gasteiger partial charge in [0, 0.05) is 12.8 Å². The van der Waals surface area contributed by atoms with Gasteiger partial charge in [-0.15, -0.1) is 5.92 Å². The molecule has 0 unspecified atom stereocenters. The van der Waals surface area contributed by atoms with Gasteiger partial charge in [0.15, 0.2) is 0 Å². The molecule has 3 heteroatoms. The van der Waals surface area contributed by atoms with Crippen molar-refractivity contribution in [2.45, 2.75) is 90.1 Å². The average molecular weight is 296 g/mol. The molecular weight excluding hydrogens is 264 g/mol. The first-order valence-electron chi connectivity index (χ1n) is 8.44. The minimum atomic E-state index is -0.435. The number of aliphatic hydroxyl groups excluding tert-OH is 1. The second-order valence-corrected chi connectivity index (χ2v) is 5.53. The number of methoxy groups -OCH3 is 1. The number of esters is 1. The highest BCUT2D eigenvalue weighted by Gasteiger charge is 2.00. The van der Waals surface area contributed by atoms with Crippen molar-refractivity contribution in [1.29, 1.82) is 0 Å². The molecule has 0 aliphatic rings. The van der Waals surface area contributed by atoms with Crippen molar-refractivity contribution in [1.82, 2.24) is 0 Å². The highest BCUT2D eigenvalue weighted by molar-refractivity contribution is 5.68. The predicted octanol–water partition coefficient (Wildman–Crippen LogP) is 4.22. The van der Waals surface area contributed by atoms with Crippen molar-refractivity contribution >= 4 is 5.97 Å². The Bertz CT molecular complexity index is 301. The summed E-state index contributed by atoms with van der Waals surface area (Å²) < 4.78 is 4.60. The van der Waals surface area contributed by atoms with Gasteiger partial charge < -0.3 is 9.84 Å². The zero-order chi connectivity index (χ0) is 15.8. The second-order valence-electron chi connectivity index (χ2n) is 5.53. The van der Waals surface area contributed by atoms with Crippen LogP contribution in [0.2, 0.25) is 0 Å². The second kappa shape index (κ2) is 15.4. The molecule has 0 amide bonds. The van der Waals surface area contributed by atoms with Crippen molar-refractivity contribution < 1.29 is 14.6 Å². The van der Waals surface area contributed by atoms with Gasteiger partial charge in [-0.05, 0) is 25.7 Å². The van der Waals surface area contributed by atoms with E-state index in [1.807, 2.05) is 0 Å². The first-order valence-corrected chi connectivity index (χ1v) is 8.44. The molecule has 21 heavy (non-hydrogen) atoms. The first kappa shape index (κ1) is 20.0. The number of ether oxygens (including phenoxy) is 1. The normalized spacial score (nSPS) is 11.6. The zero-order valence-corrected chi connectivity index (χ0v) is 13.8. The topological polar surface area (TPSA) is 46.5 Å². The van der Waals surface area contributed by atoms with Crippen molar-refractivity contribution in [3.63, 3.8) is 0 Å². The van der Waals surface area contributed by atoms with Crippen molar-refractivity contribution in [3.05, 3.63) is 0 Å². The number of carbonyl (C=O) groups is 1. The van der Waals surface area contributed by atoms with Gasteiger partial charge in [0.05, 0.1) is 7.11 Å². The van der Waals surface area contributed by atoms with E-state index in [4.69, 9.17) is 0 Å². The molecule has 0 aromatic carbocycles. The Hall–Kier alpha value is -1.01. The van der Waals surface area contributed by atoms with Crippen molar-refractivity contribution in [3.8, 4) is 11.8 Å². The molecule has 0 saturated heterocycles. The van der Waals surface area contributed by atoms with Gasteiger partial charge >= 0.3 is 5.97 Å². The summed E-state index contributed by atoms with van der Waals surface area (Å²) in [4.78, 5) is 10.9. The monoisotopic (exact) mass is 296 g/mol. The molecule has 0 aromatic heterocycles. The van der Waals surface area contributed by atoms with E-state index in [1.165, 1.54) is 39.2 Å². The molecule has 0 aliphatic carbocycles. The molecule has 0 aliphatic heterocycles. The van der Waals surface area contributed by atoms with Crippen molar-refractivity contribution in [2.24, 2.45) is 0 Å². The smallest absolute Gasteiger partial charge is 0.305 e. The van der Waals surface area contributed by atoms with Gasteiger partial charge in [-0.3, -0.25) is 4.79 Å². The van der Waals surface area contributed by atoms with Crippen LogP contribution in [0.1, 0.15) is 84.0 Å². The maximum absolute atomic E-state index is 10.9. The van der Waals surface area contributed by atoms with Crippen LogP contribution in [-0.4, -0.2) is 24.3 Å². The van der Waals surface area contributed by atoms with Crippen LogP contribution < -0.4 is 0 Å². The fourth-order valence-corrected chi connectivity index (χ4v) is 2.16. The third-order valence-corrected chi connectivity index (χ3v) is 3.48. The highest BCUT2D eigenvalue weighted by atomic mass is 16.5. The number of unbranched alkanes of at least 4 members (excludes halogenated alkanes) is 8. The van der Waals surface area contributed by atoms with Crippen molar-refractivity contribution in [2.75, 3.05) is 7.11 Å². The van der Waals surface area contributed by atoms with E-state index in [2.05, 4.69) is 23.5 Å². The van der Waals surface area contributed by atoms with Gasteiger partial charge in [-0.25, -0.2) is 0 Å². The van der Waals surface area contributed by atoms with Crippen LogP contribution in [0.5, 0.6) is 0 Å². The van der Waals surface area contributed by atoms with Crippen LogP contribution in [0, 0.1) is 11.8 Å². The highest BCUT2D eigenvalue weighted by Crippen LogP contribution is 2.11. The predicted molar refractivity (Wildman–Crippen MR) is 86.9 cm³/mol. The number of aliphatic hydroxyl groups is 1. The van der Waals surface area contributed by atoms with Gasteiger partial charge in [0.2, 0.25) is 0 Å². The van der Waals surface area contributed by atoms with Crippen LogP contribution in [0.3, 0.4) is 0 Å². The van der Waals surface area contributed by atoms with Gasteiger partial charge in [0.1, 0.15) is 6.10 Å². The molecule has 0 fully saturated rings. The summed E-state index contributed by atoms with van der Waals surface area (Å²) in [5, 5.41) is 9.63. The van der Waals surface area contributed by atoms with Crippen LogP contribution >= 0.6 is 0 Å². The van der Waals surface area contributed by atoms with Crippen LogP contribution in [0.15, 0.2) is 0 Å². The molecule has 1 N–H and O–H groups in total. The molecule has 0 rings (SSSR count). The van der Waals surface area contributed by atoms with Gasteiger partial charge in [-0.1, -0.05) is 51.4 Å². The summed E-state index contributed by atoms with van der Waals surface area (Å²) in [6, 6.07) is 0. The van der Waals surface area contributed by atoms with E-state index in [0.717, 1.165) is 38.5 Å². The minimum absolute atomic E-state index is 0.101. The molecule has 122 valence electrons. The fourth-order valence-electron chi connectivity index (χ4n) is 2.16. The van der Waals surface area contributed by atoms with Gasteiger partial charge in [0.25, 0.3) is 0 Å². The lowest BCUT2D eigenvalue weighted by atomic mass is 10.0. The Morgan fingerprint density at radius 1 is 1.05 bits per heavy atom. The number of carbonyl (C=O) groups excluding carboxylic acids is 1. The maximum atomic E-state index is 10.9. The standard InChI is InChI=1S/C18H32O3/c1-3-4-11-14-17(19)15-12-9-7-5-6-8-10-13-16-18(20)21-2/h17,19H,3-10,12-13,15-16H2,1-2H3/t17-/m1/s1. The maximum Gasteiger partial charge on any atom is 0.305 e. The minimum Gasteiger partial charge on any atom is -0.469 e. The van der Waals surface area contributed by atoms with E-state index in [-0.39, 0.29) is 5.97 Å². The Labute approximate surface area is 130 Å². The van der Waals surface area contributed by atoms with Crippen LogP contribution in [0.25, 0.3) is 0 Å². The molecular formula is C18H32O3. The van der Waals surface area contributed by atoms with E-state index in [9.17, 15) is 9.90 Å². The van der Waals surface area contributed by atoms with E-state index in [1.54, 1.807) is 0 Å².